The Morgan fingerprint density at radius 3 is 2.72 bits per heavy atom. The molecule has 1 heterocycles. The van der Waals surface area contributed by atoms with Crippen LogP contribution >= 0.6 is 0 Å². The molecule has 0 amide bonds. The highest BCUT2D eigenvalue weighted by Gasteiger charge is 2.13. The molecule has 5 heteroatoms. The monoisotopic (exact) mass is 245 g/mol. The predicted molar refractivity (Wildman–Crippen MR) is 74.4 cm³/mol. The number of hydrogen-bond acceptors (Lipinski definition) is 4. The van der Waals surface area contributed by atoms with E-state index in [4.69, 9.17) is 5.73 Å². The van der Waals surface area contributed by atoms with Crippen LogP contribution in [-0.4, -0.2) is 21.3 Å². The molecule has 1 aromatic heterocycles. The Kier molecular flexibility index (Phi) is 3.50. The molecule has 0 saturated carbocycles. The van der Waals surface area contributed by atoms with E-state index >= 15 is 0 Å². The van der Waals surface area contributed by atoms with Crippen LogP contribution in [0.15, 0.2) is 18.2 Å². The molecule has 0 bridgehead atoms. The second kappa shape index (κ2) is 5.08. The van der Waals surface area contributed by atoms with Gasteiger partial charge in [0.2, 0.25) is 5.95 Å². The highest BCUT2D eigenvalue weighted by atomic mass is 15.3. The van der Waals surface area contributed by atoms with Crippen LogP contribution in [0.1, 0.15) is 19.4 Å². The smallest absolute Gasteiger partial charge is 0.224 e. The number of hydrogen-bond donors (Lipinski definition) is 2. The lowest BCUT2D eigenvalue weighted by molar-refractivity contribution is 0.770. The van der Waals surface area contributed by atoms with Crippen molar-refractivity contribution in [3.8, 4) is 11.4 Å². The first-order valence-corrected chi connectivity index (χ1v) is 6.21. The van der Waals surface area contributed by atoms with Gasteiger partial charge in [0.25, 0.3) is 0 Å². The highest BCUT2D eigenvalue weighted by molar-refractivity contribution is 5.66. The van der Waals surface area contributed by atoms with Crippen molar-refractivity contribution in [3.63, 3.8) is 0 Å². The van der Waals surface area contributed by atoms with Gasteiger partial charge in [-0.1, -0.05) is 6.07 Å². The summed E-state index contributed by atoms with van der Waals surface area (Å²) >= 11 is 0. The molecule has 1 aromatic carbocycles. The number of nitrogens with two attached hydrogens (primary N) is 1. The van der Waals surface area contributed by atoms with Gasteiger partial charge >= 0.3 is 0 Å². The molecule has 0 aliphatic carbocycles. The first kappa shape index (κ1) is 12.4. The van der Waals surface area contributed by atoms with E-state index in [-0.39, 0.29) is 0 Å². The van der Waals surface area contributed by atoms with Crippen LogP contribution in [0.4, 0.5) is 11.6 Å². The molecule has 0 unspecified atom stereocenters. The Morgan fingerprint density at radius 2 is 2.06 bits per heavy atom. The van der Waals surface area contributed by atoms with E-state index in [2.05, 4.69) is 33.9 Å². The van der Waals surface area contributed by atoms with Crippen molar-refractivity contribution in [2.24, 2.45) is 0 Å². The summed E-state index contributed by atoms with van der Waals surface area (Å²) < 4.78 is 2.06. The first-order valence-electron chi connectivity index (χ1n) is 6.21. The zero-order valence-electron chi connectivity index (χ0n) is 11.1. The van der Waals surface area contributed by atoms with Crippen LogP contribution < -0.4 is 11.1 Å². The maximum Gasteiger partial charge on any atom is 0.224 e. The standard InChI is InChI=1S/C13H19N5/c1-4-15-13-17-16-12(18(13)5-2)11-8-10(14)7-6-9(11)3/h6-8H,4-5,14H2,1-3H3,(H,15,17). The molecule has 0 spiro atoms. The van der Waals surface area contributed by atoms with E-state index in [1.807, 2.05) is 25.1 Å². The van der Waals surface area contributed by atoms with Gasteiger partial charge < -0.3 is 11.1 Å². The lowest BCUT2D eigenvalue weighted by Crippen LogP contribution is -2.07. The van der Waals surface area contributed by atoms with E-state index in [1.165, 1.54) is 0 Å². The Bertz CT molecular complexity index is 544. The number of aromatic nitrogens is 3. The lowest BCUT2D eigenvalue weighted by atomic mass is 10.1. The average molecular weight is 245 g/mol. The molecule has 3 N–H and O–H groups in total. The van der Waals surface area contributed by atoms with Crippen molar-refractivity contribution in [1.82, 2.24) is 14.8 Å². The minimum absolute atomic E-state index is 0.742. The molecule has 0 atom stereocenters. The summed E-state index contributed by atoms with van der Waals surface area (Å²) in [6, 6.07) is 5.85. The Morgan fingerprint density at radius 1 is 1.28 bits per heavy atom. The van der Waals surface area contributed by atoms with Crippen molar-refractivity contribution < 1.29 is 0 Å². The molecule has 0 radical (unpaired) electrons. The Labute approximate surface area is 107 Å². The van der Waals surface area contributed by atoms with E-state index < -0.39 is 0 Å². The van der Waals surface area contributed by atoms with E-state index in [0.29, 0.717) is 0 Å². The number of anilines is 2. The number of rotatable bonds is 4. The fourth-order valence-electron chi connectivity index (χ4n) is 1.97. The van der Waals surface area contributed by atoms with Gasteiger partial charge in [-0.2, -0.15) is 0 Å². The Hall–Kier alpha value is -2.04. The average Bonchev–Trinajstić information content (AvgIpc) is 2.75. The summed E-state index contributed by atoms with van der Waals surface area (Å²) in [7, 11) is 0. The van der Waals surface area contributed by atoms with Gasteiger partial charge in [-0.3, -0.25) is 4.57 Å². The summed E-state index contributed by atoms with van der Waals surface area (Å²) in [6.45, 7) is 7.82. The quantitative estimate of drug-likeness (QED) is 0.811. The van der Waals surface area contributed by atoms with E-state index in [0.717, 1.165) is 41.7 Å². The normalized spacial score (nSPS) is 10.6. The van der Waals surface area contributed by atoms with Crippen molar-refractivity contribution in [1.29, 1.82) is 0 Å². The molecule has 0 saturated heterocycles. The third kappa shape index (κ3) is 2.16. The van der Waals surface area contributed by atoms with Gasteiger partial charge in [-0.25, -0.2) is 0 Å². The molecule has 18 heavy (non-hydrogen) atoms. The topological polar surface area (TPSA) is 68.8 Å². The number of nitrogens with zero attached hydrogens (tertiary/aromatic N) is 3. The van der Waals surface area contributed by atoms with Crippen molar-refractivity contribution in [2.75, 3.05) is 17.6 Å². The summed E-state index contributed by atoms with van der Waals surface area (Å²) in [5, 5.41) is 11.7. The van der Waals surface area contributed by atoms with Gasteiger partial charge in [0.1, 0.15) is 0 Å². The molecular formula is C13H19N5. The second-order valence-electron chi connectivity index (χ2n) is 4.20. The molecule has 96 valence electrons. The van der Waals surface area contributed by atoms with E-state index in [1.54, 1.807) is 0 Å². The molecule has 2 aromatic rings. The third-order valence-electron chi connectivity index (χ3n) is 2.90. The van der Waals surface area contributed by atoms with E-state index in [9.17, 15) is 0 Å². The van der Waals surface area contributed by atoms with Crippen molar-refractivity contribution >= 4 is 11.6 Å². The number of aryl methyl sites for hydroxylation is 1. The fraction of sp³-hybridized carbons (Fsp3) is 0.385. The highest BCUT2D eigenvalue weighted by Crippen LogP contribution is 2.25. The molecular weight excluding hydrogens is 226 g/mol. The van der Waals surface area contributed by atoms with Gasteiger partial charge in [-0.05, 0) is 38.5 Å². The second-order valence-corrected chi connectivity index (χ2v) is 4.20. The third-order valence-corrected chi connectivity index (χ3v) is 2.90. The van der Waals surface area contributed by atoms with Crippen molar-refractivity contribution in [2.45, 2.75) is 27.3 Å². The SMILES string of the molecule is CCNc1nnc(-c2cc(N)ccc2C)n1CC. The van der Waals surface area contributed by atoms with Gasteiger partial charge in [-0.15, -0.1) is 10.2 Å². The zero-order valence-corrected chi connectivity index (χ0v) is 11.1. The molecule has 2 rings (SSSR count). The van der Waals surface area contributed by atoms with Gasteiger partial charge in [0.05, 0.1) is 0 Å². The van der Waals surface area contributed by atoms with Gasteiger partial charge in [0.15, 0.2) is 5.82 Å². The maximum atomic E-state index is 5.85. The Balaban J connectivity index is 2.53. The molecule has 0 aliphatic rings. The van der Waals surface area contributed by atoms with Crippen LogP contribution in [0.5, 0.6) is 0 Å². The van der Waals surface area contributed by atoms with Crippen LogP contribution in [0.2, 0.25) is 0 Å². The summed E-state index contributed by atoms with van der Waals surface area (Å²) in [5.74, 6) is 1.66. The number of nitrogen functional groups attached to an aromatic ring is 1. The summed E-state index contributed by atoms with van der Waals surface area (Å²) in [5.41, 5.74) is 8.77. The minimum atomic E-state index is 0.742. The van der Waals surface area contributed by atoms with Crippen LogP contribution in [0.3, 0.4) is 0 Å². The fourth-order valence-corrected chi connectivity index (χ4v) is 1.97. The number of benzene rings is 1. The zero-order chi connectivity index (χ0) is 13.1. The first-order chi connectivity index (χ1) is 8.67. The predicted octanol–water partition coefficient (Wildman–Crippen LogP) is 2.29. The van der Waals surface area contributed by atoms with Crippen LogP contribution in [-0.2, 0) is 6.54 Å². The number of nitrogens with one attached hydrogen (secondary N) is 1. The minimum Gasteiger partial charge on any atom is -0.399 e. The largest absolute Gasteiger partial charge is 0.399 e. The maximum absolute atomic E-state index is 5.85. The molecule has 0 fully saturated rings. The van der Waals surface area contributed by atoms with Crippen molar-refractivity contribution in [3.05, 3.63) is 23.8 Å². The van der Waals surface area contributed by atoms with Crippen LogP contribution in [0.25, 0.3) is 11.4 Å². The van der Waals surface area contributed by atoms with Gasteiger partial charge in [0, 0.05) is 24.3 Å². The molecule has 5 nitrogen and oxygen atoms in total. The molecule has 0 aliphatic heterocycles. The lowest BCUT2D eigenvalue weighted by Gasteiger charge is -2.10. The summed E-state index contributed by atoms with van der Waals surface area (Å²) in [6.07, 6.45) is 0. The van der Waals surface area contributed by atoms with Crippen LogP contribution in [0, 0.1) is 6.92 Å². The summed E-state index contributed by atoms with van der Waals surface area (Å²) in [4.78, 5) is 0.